The molecule has 2 aromatic rings. The fourth-order valence-corrected chi connectivity index (χ4v) is 3.33. The smallest absolute Gasteiger partial charge is 0.227 e. The Bertz CT molecular complexity index is 792. The van der Waals surface area contributed by atoms with Gasteiger partial charge in [0.05, 0.1) is 12.0 Å². The summed E-state index contributed by atoms with van der Waals surface area (Å²) in [6.07, 6.45) is 0.222. The fraction of sp³-hybridized carbons (Fsp3) is 0.300. The first-order valence-corrected chi connectivity index (χ1v) is 8.76. The lowest BCUT2D eigenvalue weighted by molar-refractivity contribution is -0.126. The molecule has 0 radical (unpaired) electrons. The Morgan fingerprint density at radius 2 is 1.92 bits per heavy atom. The van der Waals surface area contributed by atoms with Crippen LogP contribution in [0.15, 0.2) is 48.5 Å². The van der Waals surface area contributed by atoms with Gasteiger partial charge < -0.3 is 10.2 Å². The van der Waals surface area contributed by atoms with E-state index in [0.717, 1.165) is 16.8 Å². The van der Waals surface area contributed by atoms with Gasteiger partial charge in [0, 0.05) is 23.7 Å². The van der Waals surface area contributed by atoms with Crippen molar-refractivity contribution in [3.63, 3.8) is 0 Å². The lowest BCUT2D eigenvalue weighted by atomic mass is 10.1. The van der Waals surface area contributed by atoms with E-state index < -0.39 is 0 Å². The van der Waals surface area contributed by atoms with Crippen LogP contribution >= 0.6 is 11.6 Å². The van der Waals surface area contributed by atoms with Gasteiger partial charge in [0.1, 0.15) is 0 Å². The van der Waals surface area contributed by atoms with E-state index in [2.05, 4.69) is 5.32 Å². The average molecular weight is 357 g/mol. The van der Waals surface area contributed by atoms with Gasteiger partial charge in [0.2, 0.25) is 11.8 Å². The standard InChI is InChI=1S/C20H21ClN2O2/c1-13-17(21)9-6-10-18(13)23-12-16(11-19(23)24)20(25)22-14(2)15-7-4-3-5-8-15/h3-10,14,16H,11-12H2,1-2H3,(H,22,25)/t14-,16+/m0/s1. The van der Waals surface area contributed by atoms with E-state index in [-0.39, 0.29) is 30.2 Å². The Balaban J connectivity index is 1.70. The number of rotatable bonds is 4. The highest BCUT2D eigenvalue weighted by Crippen LogP contribution is 2.31. The molecular formula is C20H21ClN2O2. The number of amides is 2. The van der Waals surface area contributed by atoms with E-state index in [1.54, 1.807) is 11.0 Å². The molecule has 0 bridgehead atoms. The normalized spacial score (nSPS) is 18.3. The number of carbonyl (C=O) groups is 2. The fourth-order valence-electron chi connectivity index (χ4n) is 3.16. The van der Waals surface area contributed by atoms with Gasteiger partial charge in [-0.15, -0.1) is 0 Å². The van der Waals surface area contributed by atoms with Crippen molar-refractivity contribution in [2.45, 2.75) is 26.3 Å². The van der Waals surface area contributed by atoms with Crippen LogP contribution in [0.25, 0.3) is 0 Å². The van der Waals surface area contributed by atoms with Crippen LogP contribution in [0.5, 0.6) is 0 Å². The summed E-state index contributed by atoms with van der Waals surface area (Å²) in [6, 6.07) is 15.2. The highest BCUT2D eigenvalue weighted by atomic mass is 35.5. The molecule has 5 heteroatoms. The third kappa shape index (κ3) is 3.69. The molecule has 1 aliphatic rings. The number of nitrogens with one attached hydrogen (secondary N) is 1. The summed E-state index contributed by atoms with van der Waals surface area (Å²) in [5.41, 5.74) is 2.68. The first kappa shape index (κ1) is 17.5. The zero-order chi connectivity index (χ0) is 18.0. The molecule has 2 aromatic carbocycles. The number of hydrogen-bond acceptors (Lipinski definition) is 2. The van der Waals surface area contributed by atoms with Crippen molar-refractivity contribution < 1.29 is 9.59 Å². The molecule has 0 aromatic heterocycles. The van der Waals surface area contributed by atoms with Crippen LogP contribution < -0.4 is 10.2 Å². The Morgan fingerprint density at radius 1 is 1.20 bits per heavy atom. The summed E-state index contributed by atoms with van der Waals surface area (Å²) in [6.45, 7) is 4.21. The first-order chi connectivity index (χ1) is 12.0. The molecule has 130 valence electrons. The van der Waals surface area contributed by atoms with Crippen LogP contribution in [-0.4, -0.2) is 18.4 Å². The number of carbonyl (C=O) groups excluding carboxylic acids is 2. The third-order valence-corrected chi connectivity index (χ3v) is 5.09. The maximum atomic E-state index is 12.6. The quantitative estimate of drug-likeness (QED) is 0.903. The molecule has 0 aliphatic carbocycles. The third-order valence-electron chi connectivity index (χ3n) is 4.68. The molecule has 3 rings (SSSR count). The SMILES string of the molecule is Cc1c(Cl)cccc1N1C[C@H](C(=O)N[C@@H](C)c2ccccc2)CC1=O. The van der Waals surface area contributed by atoms with E-state index in [9.17, 15) is 9.59 Å². The predicted molar refractivity (Wildman–Crippen MR) is 99.6 cm³/mol. The Labute approximate surface area is 152 Å². The highest BCUT2D eigenvalue weighted by molar-refractivity contribution is 6.31. The van der Waals surface area contributed by atoms with Crippen molar-refractivity contribution >= 4 is 29.1 Å². The largest absolute Gasteiger partial charge is 0.349 e. The minimum atomic E-state index is -0.350. The van der Waals surface area contributed by atoms with Gasteiger partial charge in [0.25, 0.3) is 0 Å². The van der Waals surface area contributed by atoms with Crippen LogP contribution in [0.4, 0.5) is 5.69 Å². The summed E-state index contributed by atoms with van der Waals surface area (Å²) in [7, 11) is 0. The maximum Gasteiger partial charge on any atom is 0.227 e. The molecular weight excluding hydrogens is 336 g/mol. The number of anilines is 1. The van der Waals surface area contributed by atoms with Gasteiger partial charge in [-0.1, -0.05) is 48.0 Å². The van der Waals surface area contributed by atoms with Gasteiger partial charge in [-0.05, 0) is 37.1 Å². The Kier molecular flexibility index (Phi) is 5.09. The summed E-state index contributed by atoms with van der Waals surface area (Å²) in [4.78, 5) is 26.7. The monoisotopic (exact) mass is 356 g/mol. The van der Waals surface area contributed by atoms with Gasteiger partial charge in [-0.2, -0.15) is 0 Å². The van der Waals surface area contributed by atoms with E-state index in [4.69, 9.17) is 11.6 Å². The molecule has 2 atom stereocenters. The maximum absolute atomic E-state index is 12.6. The van der Waals surface area contributed by atoms with Crippen LogP contribution in [0.2, 0.25) is 5.02 Å². The second kappa shape index (κ2) is 7.28. The summed E-state index contributed by atoms with van der Waals surface area (Å²) in [5, 5.41) is 3.63. The van der Waals surface area contributed by atoms with E-state index in [1.165, 1.54) is 0 Å². The average Bonchev–Trinajstić information content (AvgIpc) is 3.00. The summed E-state index contributed by atoms with van der Waals surface area (Å²) >= 11 is 6.16. The summed E-state index contributed by atoms with van der Waals surface area (Å²) < 4.78 is 0. The molecule has 1 fully saturated rings. The van der Waals surface area contributed by atoms with Crippen molar-refractivity contribution in [3.05, 3.63) is 64.7 Å². The van der Waals surface area contributed by atoms with E-state index in [0.29, 0.717) is 11.6 Å². The second-order valence-electron chi connectivity index (χ2n) is 6.43. The lowest BCUT2D eigenvalue weighted by Crippen LogP contribution is -2.34. The predicted octanol–water partition coefficient (Wildman–Crippen LogP) is 3.88. The van der Waals surface area contributed by atoms with Gasteiger partial charge in [-0.25, -0.2) is 0 Å². The number of benzene rings is 2. The van der Waals surface area contributed by atoms with Gasteiger partial charge >= 0.3 is 0 Å². The number of nitrogens with zero attached hydrogens (tertiary/aromatic N) is 1. The molecule has 1 heterocycles. The molecule has 25 heavy (non-hydrogen) atoms. The van der Waals surface area contributed by atoms with E-state index in [1.807, 2.05) is 56.3 Å². The molecule has 4 nitrogen and oxygen atoms in total. The van der Waals surface area contributed by atoms with Crippen molar-refractivity contribution in [2.24, 2.45) is 5.92 Å². The van der Waals surface area contributed by atoms with Crippen molar-refractivity contribution in [3.8, 4) is 0 Å². The first-order valence-electron chi connectivity index (χ1n) is 8.38. The van der Waals surface area contributed by atoms with Crippen molar-refractivity contribution in [1.82, 2.24) is 5.32 Å². The van der Waals surface area contributed by atoms with Crippen LogP contribution in [0.1, 0.15) is 30.5 Å². The molecule has 2 amide bonds. The van der Waals surface area contributed by atoms with Crippen LogP contribution in [-0.2, 0) is 9.59 Å². The van der Waals surface area contributed by atoms with E-state index >= 15 is 0 Å². The molecule has 0 unspecified atom stereocenters. The zero-order valence-corrected chi connectivity index (χ0v) is 15.1. The zero-order valence-electron chi connectivity index (χ0n) is 14.3. The van der Waals surface area contributed by atoms with Crippen molar-refractivity contribution in [1.29, 1.82) is 0 Å². The Morgan fingerprint density at radius 3 is 2.64 bits per heavy atom. The van der Waals surface area contributed by atoms with Crippen LogP contribution in [0.3, 0.4) is 0 Å². The topological polar surface area (TPSA) is 49.4 Å². The minimum absolute atomic E-state index is 0.0436. The molecule has 0 saturated carbocycles. The van der Waals surface area contributed by atoms with Crippen LogP contribution in [0, 0.1) is 12.8 Å². The highest BCUT2D eigenvalue weighted by Gasteiger charge is 2.36. The molecule has 1 N–H and O–H groups in total. The Hall–Kier alpha value is -2.33. The number of hydrogen-bond donors (Lipinski definition) is 1. The van der Waals surface area contributed by atoms with Gasteiger partial charge in [-0.3, -0.25) is 9.59 Å². The lowest BCUT2D eigenvalue weighted by Gasteiger charge is -2.20. The van der Waals surface area contributed by atoms with Crippen molar-refractivity contribution in [2.75, 3.05) is 11.4 Å². The molecule has 1 aliphatic heterocycles. The second-order valence-corrected chi connectivity index (χ2v) is 6.84. The minimum Gasteiger partial charge on any atom is -0.349 e. The molecule has 0 spiro atoms. The van der Waals surface area contributed by atoms with Gasteiger partial charge in [0.15, 0.2) is 0 Å². The number of halogens is 1. The summed E-state index contributed by atoms with van der Waals surface area (Å²) in [5.74, 6) is -0.484. The molecule has 1 saturated heterocycles.